The monoisotopic (exact) mass is 325 g/mol. The Bertz CT molecular complexity index is 610. The second-order valence-electron chi connectivity index (χ2n) is 5.11. The zero-order chi connectivity index (χ0) is 13.9. The molecule has 2 aromatic rings. The second kappa shape index (κ2) is 7.20. The van der Waals surface area contributed by atoms with Crippen LogP contribution in [0.3, 0.4) is 0 Å². The lowest BCUT2D eigenvalue weighted by molar-refractivity contribution is -0.132. The van der Waals surface area contributed by atoms with Gasteiger partial charge in [0.1, 0.15) is 0 Å². The topological polar surface area (TPSA) is 62.1 Å². The van der Waals surface area contributed by atoms with Crippen molar-refractivity contribution < 1.29 is 4.79 Å². The Morgan fingerprint density at radius 2 is 2.05 bits per heavy atom. The molecule has 1 amide bonds. The molecule has 1 aliphatic heterocycles. The Morgan fingerprint density at radius 3 is 2.81 bits per heavy atom. The van der Waals surface area contributed by atoms with Crippen molar-refractivity contribution in [2.75, 3.05) is 24.6 Å². The third-order valence-corrected chi connectivity index (χ3v) is 4.70. The first-order valence-corrected chi connectivity index (χ1v) is 8.08. The van der Waals surface area contributed by atoms with Crippen LogP contribution in [-0.4, -0.2) is 46.4 Å². The molecule has 114 valence electrons. The molecular weight excluding hydrogens is 306 g/mol. The van der Waals surface area contributed by atoms with Crippen molar-refractivity contribution in [2.24, 2.45) is 5.73 Å². The number of amides is 1. The smallest absolute Gasteiger partial charge is 0.239 e. The van der Waals surface area contributed by atoms with Crippen LogP contribution in [0.4, 0.5) is 0 Å². The molecule has 1 atom stereocenters. The summed E-state index contributed by atoms with van der Waals surface area (Å²) in [6.45, 7) is 1.65. The molecule has 1 saturated heterocycles. The van der Waals surface area contributed by atoms with Crippen LogP contribution in [0, 0.1) is 0 Å². The van der Waals surface area contributed by atoms with Crippen molar-refractivity contribution in [1.29, 1.82) is 0 Å². The summed E-state index contributed by atoms with van der Waals surface area (Å²) < 4.78 is 0. The Morgan fingerprint density at radius 1 is 1.33 bits per heavy atom. The third kappa shape index (κ3) is 3.54. The van der Waals surface area contributed by atoms with Gasteiger partial charge in [-0.25, -0.2) is 0 Å². The van der Waals surface area contributed by atoms with E-state index in [1.165, 1.54) is 0 Å². The molecule has 4 nitrogen and oxygen atoms in total. The number of thioether (sulfide) groups is 1. The average molecular weight is 326 g/mol. The molecule has 0 saturated carbocycles. The first-order valence-electron chi connectivity index (χ1n) is 6.93. The fourth-order valence-electron chi connectivity index (χ4n) is 2.64. The van der Waals surface area contributed by atoms with Gasteiger partial charge in [-0.05, 0) is 18.1 Å². The number of para-hydroxylation sites is 1. The number of aromatic amines is 1. The Balaban J connectivity index is 0.00000161. The number of aromatic nitrogens is 1. The standard InChI is InChI=1S/C15H19N3OS.ClH/c16-13(15(19)18-5-7-20-8-6-18)9-11-10-17-14-4-2-1-3-12(11)14;/h1-4,10,13,17H,5-9,16H2;1H/t13-;/m0./s1. The maximum atomic E-state index is 12.3. The molecule has 3 N–H and O–H groups in total. The summed E-state index contributed by atoms with van der Waals surface area (Å²) in [4.78, 5) is 17.5. The molecule has 3 rings (SSSR count). The van der Waals surface area contributed by atoms with E-state index in [0.29, 0.717) is 6.42 Å². The van der Waals surface area contributed by atoms with E-state index in [1.807, 2.05) is 41.1 Å². The molecule has 0 aliphatic carbocycles. The van der Waals surface area contributed by atoms with Gasteiger partial charge in [-0.2, -0.15) is 11.8 Å². The number of rotatable bonds is 3. The van der Waals surface area contributed by atoms with Crippen molar-refractivity contribution in [3.8, 4) is 0 Å². The molecule has 1 aromatic carbocycles. The van der Waals surface area contributed by atoms with E-state index in [0.717, 1.165) is 41.1 Å². The minimum atomic E-state index is -0.447. The quantitative estimate of drug-likeness (QED) is 0.907. The molecular formula is C15H20ClN3OS. The molecule has 0 spiro atoms. The maximum absolute atomic E-state index is 12.3. The van der Waals surface area contributed by atoms with E-state index in [-0.39, 0.29) is 18.3 Å². The molecule has 0 radical (unpaired) electrons. The number of nitrogens with one attached hydrogen (secondary N) is 1. The summed E-state index contributed by atoms with van der Waals surface area (Å²) in [5.74, 6) is 2.12. The molecule has 0 bridgehead atoms. The Kier molecular flexibility index (Phi) is 5.56. The SMILES string of the molecule is Cl.N[C@@H](Cc1c[nH]c2ccccc12)C(=O)N1CCSCC1. The van der Waals surface area contributed by atoms with Gasteiger partial charge in [-0.3, -0.25) is 4.79 Å². The Hall–Kier alpha value is -1.17. The summed E-state index contributed by atoms with van der Waals surface area (Å²) in [7, 11) is 0. The van der Waals surface area contributed by atoms with Crippen LogP contribution < -0.4 is 5.73 Å². The fraction of sp³-hybridized carbons (Fsp3) is 0.400. The van der Waals surface area contributed by atoms with E-state index in [1.54, 1.807) is 0 Å². The zero-order valence-corrected chi connectivity index (χ0v) is 13.4. The second-order valence-corrected chi connectivity index (χ2v) is 6.33. The molecule has 21 heavy (non-hydrogen) atoms. The van der Waals surface area contributed by atoms with Crippen LogP contribution in [-0.2, 0) is 11.2 Å². The minimum Gasteiger partial charge on any atom is -0.361 e. The highest BCUT2D eigenvalue weighted by atomic mass is 35.5. The van der Waals surface area contributed by atoms with Gasteiger partial charge >= 0.3 is 0 Å². The van der Waals surface area contributed by atoms with Gasteiger partial charge in [0.05, 0.1) is 6.04 Å². The van der Waals surface area contributed by atoms with Gasteiger partial charge in [0.15, 0.2) is 0 Å². The highest BCUT2D eigenvalue weighted by molar-refractivity contribution is 7.99. The number of carbonyl (C=O) groups excluding carboxylic acids is 1. The van der Waals surface area contributed by atoms with E-state index < -0.39 is 6.04 Å². The minimum absolute atomic E-state index is 0. The van der Waals surface area contributed by atoms with Crippen LogP contribution in [0.15, 0.2) is 30.5 Å². The van der Waals surface area contributed by atoms with Crippen LogP contribution in [0.2, 0.25) is 0 Å². The maximum Gasteiger partial charge on any atom is 0.239 e. The number of benzene rings is 1. The summed E-state index contributed by atoms with van der Waals surface area (Å²) in [6, 6.07) is 7.66. The normalized spacial score (nSPS) is 16.5. The number of halogens is 1. The van der Waals surface area contributed by atoms with Crippen molar-refractivity contribution in [1.82, 2.24) is 9.88 Å². The van der Waals surface area contributed by atoms with E-state index >= 15 is 0 Å². The van der Waals surface area contributed by atoms with Gasteiger partial charge in [0.25, 0.3) is 0 Å². The van der Waals surface area contributed by atoms with Crippen LogP contribution in [0.5, 0.6) is 0 Å². The highest BCUT2D eigenvalue weighted by Crippen LogP contribution is 2.19. The lowest BCUT2D eigenvalue weighted by Gasteiger charge is -2.28. The van der Waals surface area contributed by atoms with E-state index in [2.05, 4.69) is 11.1 Å². The average Bonchev–Trinajstić information content (AvgIpc) is 2.91. The summed E-state index contributed by atoms with van der Waals surface area (Å²) in [6.07, 6.45) is 2.55. The number of H-pyrrole nitrogens is 1. The van der Waals surface area contributed by atoms with Crippen molar-refractivity contribution in [3.63, 3.8) is 0 Å². The van der Waals surface area contributed by atoms with Gasteiger partial charge in [-0.15, -0.1) is 12.4 Å². The Labute approximate surface area is 134 Å². The lowest BCUT2D eigenvalue weighted by Crippen LogP contribution is -2.48. The number of nitrogens with two attached hydrogens (primary N) is 1. The summed E-state index contributed by atoms with van der Waals surface area (Å²) in [5.41, 5.74) is 8.33. The van der Waals surface area contributed by atoms with Gasteiger partial charge in [-0.1, -0.05) is 18.2 Å². The molecule has 1 fully saturated rings. The van der Waals surface area contributed by atoms with Crippen molar-refractivity contribution >= 4 is 41.0 Å². The largest absolute Gasteiger partial charge is 0.361 e. The van der Waals surface area contributed by atoms with Crippen molar-refractivity contribution in [2.45, 2.75) is 12.5 Å². The number of hydrogen-bond donors (Lipinski definition) is 2. The van der Waals surface area contributed by atoms with E-state index in [4.69, 9.17) is 5.73 Å². The summed E-state index contributed by atoms with van der Waals surface area (Å²) in [5, 5.41) is 1.16. The number of nitrogens with zero attached hydrogens (tertiary/aromatic N) is 1. The van der Waals surface area contributed by atoms with Crippen LogP contribution >= 0.6 is 24.2 Å². The van der Waals surface area contributed by atoms with E-state index in [9.17, 15) is 4.79 Å². The van der Waals surface area contributed by atoms with Gasteiger partial charge in [0, 0.05) is 41.7 Å². The number of fused-ring (bicyclic) bond motifs is 1. The highest BCUT2D eigenvalue weighted by Gasteiger charge is 2.23. The van der Waals surface area contributed by atoms with Gasteiger partial charge < -0.3 is 15.6 Å². The summed E-state index contributed by atoms with van der Waals surface area (Å²) >= 11 is 1.90. The molecule has 1 aliphatic rings. The molecule has 6 heteroatoms. The zero-order valence-electron chi connectivity index (χ0n) is 11.7. The lowest BCUT2D eigenvalue weighted by atomic mass is 10.0. The molecule has 1 aromatic heterocycles. The van der Waals surface area contributed by atoms with Crippen LogP contribution in [0.25, 0.3) is 10.9 Å². The number of hydrogen-bond acceptors (Lipinski definition) is 3. The molecule has 0 unspecified atom stereocenters. The van der Waals surface area contributed by atoms with Crippen LogP contribution in [0.1, 0.15) is 5.56 Å². The first-order chi connectivity index (χ1) is 9.75. The first kappa shape index (κ1) is 16.2. The molecule has 2 heterocycles. The predicted octanol–water partition coefficient (Wildman–Crippen LogP) is 2.03. The fourth-order valence-corrected chi connectivity index (χ4v) is 3.55. The van der Waals surface area contributed by atoms with Crippen molar-refractivity contribution in [3.05, 3.63) is 36.0 Å². The predicted molar refractivity (Wildman–Crippen MR) is 91.1 cm³/mol. The van der Waals surface area contributed by atoms with Gasteiger partial charge in [0.2, 0.25) is 5.91 Å². The number of carbonyl (C=O) groups is 1. The third-order valence-electron chi connectivity index (χ3n) is 3.75.